The van der Waals surface area contributed by atoms with Crippen LogP contribution in [0.25, 0.3) is 0 Å². The average molecular weight is 469 g/mol. The van der Waals surface area contributed by atoms with E-state index in [1.807, 2.05) is 37.3 Å². The number of ether oxygens (including phenoxy) is 1. The maximum absolute atomic E-state index is 13.4. The number of carbonyl (C=O) groups is 2. The molecule has 3 aromatic rings. The average Bonchev–Trinajstić information content (AvgIpc) is 2.82. The van der Waals surface area contributed by atoms with Crippen molar-refractivity contribution in [3.8, 4) is 5.75 Å². The van der Waals surface area contributed by atoms with Crippen molar-refractivity contribution in [2.24, 2.45) is 0 Å². The summed E-state index contributed by atoms with van der Waals surface area (Å²) in [5, 5.41) is 3.21. The van der Waals surface area contributed by atoms with Gasteiger partial charge in [0.1, 0.15) is 17.6 Å². The molecule has 1 unspecified atom stereocenters. The fourth-order valence-electron chi connectivity index (χ4n) is 3.42. The van der Waals surface area contributed by atoms with Crippen LogP contribution < -0.4 is 10.1 Å². The molecule has 3 rings (SSSR count). The summed E-state index contributed by atoms with van der Waals surface area (Å²) in [7, 11) is 0. The molecule has 1 atom stereocenters. The predicted octanol–water partition coefficient (Wildman–Crippen LogP) is 4.63. The van der Waals surface area contributed by atoms with Crippen molar-refractivity contribution in [3.05, 3.63) is 101 Å². The van der Waals surface area contributed by atoms with Gasteiger partial charge in [-0.1, -0.05) is 66.2 Å². The first-order valence-corrected chi connectivity index (χ1v) is 11.1. The van der Waals surface area contributed by atoms with Gasteiger partial charge < -0.3 is 15.0 Å². The summed E-state index contributed by atoms with van der Waals surface area (Å²) < 4.78 is 19.1. The smallest absolute Gasteiger partial charge is 0.261 e. The lowest BCUT2D eigenvalue weighted by molar-refractivity contribution is -0.142. The van der Waals surface area contributed by atoms with E-state index in [-0.39, 0.29) is 30.8 Å². The topological polar surface area (TPSA) is 58.6 Å². The Morgan fingerprint density at radius 3 is 2.30 bits per heavy atom. The molecule has 1 N–H and O–H groups in total. The van der Waals surface area contributed by atoms with Gasteiger partial charge in [0.05, 0.1) is 5.02 Å². The van der Waals surface area contributed by atoms with Gasteiger partial charge in [-0.2, -0.15) is 0 Å². The summed E-state index contributed by atoms with van der Waals surface area (Å²) in [6.07, 6.45) is 0.325. The van der Waals surface area contributed by atoms with Crippen molar-refractivity contribution in [2.75, 3.05) is 13.2 Å². The van der Waals surface area contributed by atoms with Gasteiger partial charge in [0.15, 0.2) is 6.61 Å². The van der Waals surface area contributed by atoms with E-state index < -0.39 is 6.04 Å². The van der Waals surface area contributed by atoms with Crippen LogP contribution in [0.1, 0.15) is 18.1 Å². The zero-order chi connectivity index (χ0) is 23.6. The molecular weight excluding hydrogens is 443 g/mol. The van der Waals surface area contributed by atoms with E-state index in [9.17, 15) is 14.0 Å². The Balaban J connectivity index is 1.89. The third-order valence-electron chi connectivity index (χ3n) is 5.08. The molecule has 0 saturated heterocycles. The Bertz CT molecular complexity index is 1060. The first kappa shape index (κ1) is 24.3. The number of benzene rings is 3. The number of halogens is 2. The van der Waals surface area contributed by atoms with Crippen LogP contribution in [0.4, 0.5) is 4.39 Å². The highest BCUT2D eigenvalue weighted by atomic mass is 35.5. The number of hydrogen-bond acceptors (Lipinski definition) is 3. The molecule has 0 bridgehead atoms. The number of hydrogen-bond donors (Lipinski definition) is 1. The largest absolute Gasteiger partial charge is 0.482 e. The van der Waals surface area contributed by atoms with Crippen LogP contribution in [0, 0.1) is 5.82 Å². The lowest BCUT2D eigenvalue weighted by Crippen LogP contribution is -2.51. The lowest BCUT2D eigenvalue weighted by atomic mass is 10.0. The SMILES string of the molecule is CCNC(=O)C(Cc1ccccc1)N(Cc1ccc(F)cc1)C(=O)COc1ccccc1Cl. The van der Waals surface area contributed by atoms with E-state index in [2.05, 4.69) is 5.32 Å². The van der Waals surface area contributed by atoms with E-state index in [1.54, 1.807) is 36.4 Å². The molecule has 2 amide bonds. The summed E-state index contributed by atoms with van der Waals surface area (Å²) in [6, 6.07) is 21.4. The van der Waals surface area contributed by atoms with Crippen molar-refractivity contribution in [1.29, 1.82) is 0 Å². The number of rotatable bonds is 10. The van der Waals surface area contributed by atoms with E-state index in [0.717, 1.165) is 5.56 Å². The normalized spacial score (nSPS) is 11.5. The lowest BCUT2D eigenvalue weighted by Gasteiger charge is -2.31. The number of carbonyl (C=O) groups excluding carboxylic acids is 2. The van der Waals surface area contributed by atoms with Gasteiger partial charge in [0.2, 0.25) is 5.91 Å². The molecule has 7 heteroatoms. The quantitative estimate of drug-likeness (QED) is 0.472. The standard InChI is InChI=1S/C26H26ClFN2O3/c1-2-29-26(32)23(16-19-8-4-3-5-9-19)30(17-20-12-14-21(28)15-13-20)25(31)18-33-24-11-7-6-10-22(24)27/h3-15,23H,2,16-18H2,1H3,(H,29,32). The zero-order valence-electron chi connectivity index (χ0n) is 18.3. The Morgan fingerprint density at radius 1 is 0.970 bits per heavy atom. The van der Waals surface area contributed by atoms with Gasteiger partial charge in [-0.25, -0.2) is 4.39 Å². The molecule has 3 aromatic carbocycles. The van der Waals surface area contributed by atoms with Crippen molar-refractivity contribution in [2.45, 2.75) is 25.9 Å². The summed E-state index contributed by atoms with van der Waals surface area (Å²) in [5.41, 5.74) is 1.61. The first-order chi connectivity index (χ1) is 16.0. The van der Waals surface area contributed by atoms with E-state index in [1.165, 1.54) is 17.0 Å². The van der Waals surface area contributed by atoms with E-state index in [4.69, 9.17) is 16.3 Å². The summed E-state index contributed by atoms with van der Waals surface area (Å²) in [4.78, 5) is 27.9. The fraction of sp³-hybridized carbons (Fsp3) is 0.231. The number of amides is 2. The summed E-state index contributed by atoms with van der Waals surface area (Å²) in [6.45, 7) is 2.08. The Labute approximate surface area is 198 Å². The minimum atomic E-state index is -0.778. The third-order valence-corrected chi connectivity index (χ3v) is 5.39. The molecule has 0 spiro atoms. The summed E-state index contributed by atoms with van der Waals surface area (Å²) in [5.74, 6) is -0.643. The second kappa shape index (κ2) is 12.0. The molecule has 172 valence electrons. The molecular formula is C26H26ClFN2O3. The maximum atomic E-state index is 13.4. The Morgan fingerprint density at radius 2 is 1.64 bits per heavy atom. The van der Waals surface area contributed by atoms with Crippen molar-refractivity contribution in [3.63, 3.8) is 0 Å². The van der Waals surface area contributed by atoms with E-state index >= 15 is 0 Å². The number of para-hydroxylation sites is 1. The van der Waals surface area contributed by atoms with Gasteiger partial charge >= 0.3 is 0 Å². The zero-order valence-corrected chi connectivity index (χ0v) is 19.1. The van der Waals surface area contributed by atoms with Crippen molar-refractivity contribution < 1.29 is 18.7 Å². The molecule has 5 nitrogen and oxygen atoms in total. The molecule has 0 radical (unpaired) electrons. The molecule has 0 fully saturated rings. The second-order valence-electron chi connectivity index (χ2n) is 7.47. The molecule has 0 heterocycles. The van der Waals surface area contributed by atoms with Crippen LogP contribution >= 0.6 is 11.6 Å². The molecule has 0 aliphatic heterocycles. The van der Waals surface area contributed by atoms with Crippen molar-refractivity contribution >= 4 is 23.4 Å². The molecule has 0 aromatic heterocycles. The number of nitrogens with one attached hydrogen (secondary N) is 1. The highest BCUT2D eigenvalue weighted by Crippen LogP contribution is 2.23. The van der Waals surface area contributed by atoms with Gasteiger partial charge in [-0.3, -0.25) is 9.59 Å². The Hall–Kier alpha value is -3.38. The molecule has 0 aliphatic rings. The van der Waals surface area contributed by atoms with Crippen LogP contribution in [0.5, 0.6) is 5.75 Å². The predicted molar refractivity (Wildman–Crippen MR) is 127 cm³/mol. The van der Waals surface area contributed by atoms with E-state index in [0.29, 0.717) is 29.3 Å². The number of nitrogens with zero attached hydrogens (tertiary/aromatic N) is 1. The highest BCUT2D eigenvalue weighted by Gasteiger charge is 2.30. The molecule has 33 heavy (non-hydrogen) atoms. The van der Waals surface area contributed by atoms with Gasteiger partial charge in [0, 0.05) is 19.5 Å². The fourth-order valence-corrected chi connectivity index (χ4v) is 3.61. The monoisotopic (exact) mass is 468 g/mol. The Kier molecular flexibility index (Phi) is 8.84. The first-order valence-electron chi connectivity index (χ1n) is 10.7. The highest BCUT2D eigenvalue weighted by molar-refractivity contribution is 6.32. The van der Waals surface area contributed by atoms with Gasteiger partial charge in [-0.15, -0.1) is 0 Å². The third kappa shape index (κ3) is 7.05. The summed E-state index contributed by atoms with van der Waals surface area (Å²) >= 11 is 6.14. The molecule has 0 saturated carbocycles. The van der Waals surface area contributed by atoms with Crippen LogP contribution in [-0.2, 0) is 22.6 Å². The number of likely N-dealkylation sites (N-methyl/N-ethyl adjacent to an activating group) is 1. The van der Waals surface area contributed by atoms with Crippen LogP contribution in [0.3, 0.4) is 0 Å². The molecule has 0 aliphatic carbocycles. The van der Waals surface area contributed by atoms with Gasteiger partial charge in [0.25, 0.3) is 5.91 Å². The van der Waals surface area contributed by atoms with Crippen LogP contribution in [0.2, 0.25) is 5.02 Å². The second-order valence-corrected chi connectivity index (χ2v) is 7.87. The van der Waals surface area contributed by atoms with Crippen LogP contribution in [-0.4, -0.2) is 35.9 Å². The van der Waals surface area contributed by atoms with Crippen molar-refractivity contribution in [1.82, 2.24) is 10.2 Å². The van der Waals surface area contributed by atoms with Gasteiger partial charge in [-0.05, 0) is 42.3 Å². The minimum absolute atomic E-state index is 0.125. The minimum Gasteiger partial charge on any atom is -0.482 e. The van der Waals surface area contributed by atoms with Crippen LogP contribution in [0.15, 0.2) is 78.9 Å². The maximum Gasteiger partial charge on any atom is 0.261 e.